The zero-order valence-corrected chi connectivity index (χ0v) is 15.4. The van der Waals surface area contributed by atoms with Crippen molar-refractivity contribution < 1.29 is 23.7 Å². The Balaban J connectivity index is 1.54. The molecule has 0 radical (unpaired) electrons. The zero-order chi connectivity index (χ0) is 17.6. The lowest BCUT2D eigenvalue weighted by molar-refractivity contribution is -0.132. The fourth-order valence-corrected chi connectivity index (χ4v) is 2.82. The Labute approximate surface area is 145 Å². The van der Waals surface area contributed by atoms with Gasteiger partial charge in [0.05, 0.1) is 6.10 Å². The third-order valence-electron chi connectivity index (χ3n) is 4.16. The number of rotatable bonds is 6. The number of nitrogens with zero attached hydrogens (tertiary/aromatic N) is 1. The van der Waals surface area contributed by atoms with E-state index in [0.29, 0.717) is 13.1 Å². The van der Waals surface area contributed by atoms with E-state index in [-0.39, 0.29) is 12.2 Å². The van der Waals surface area contributed by atoms with E-state index in [2.05, 4.69) is 0 Å². The van der Waals surface area contributed by atoms with Gasteiger partial charge in [0.1, 0.15) is 18.1 Å². The van der Waals surface area contributed by atoms with Gasteiger partial charge in [-0.3, -0.25) is 0 Å². The van der Waals surface area contributed by atoms with Gasteiger partial charge in [0.15, 0.2) is 0 Å². The van der Waals surface area contributed by atoms with Crippen molar-refractivity contribution in [2.24, 2.45) is 0 Å². The first-order chi connectivity index (χ1) is 11.3. The van der Waals surface area contributed by atoms with Crippen LogP contribution in [0.25, 0.3) is 0 Å². The smallest absolute Gasteiger partial charge is 0.410 e. The Hall–Kier alpha value is -1.43. The summed E-state index contributed by atoms with van der Waals surface area (Å²) >= 11 is 0. The van der Waals surface area contributed by atoms with E-state index >= 15 is 0 Å². The molecule has 1 saturated heterocycles. The highest BCUT2D eigenvalue weighted by Gasteiger charge is 2.29. The van der Waals surface area contributed by atoms with Gasteiger partial charge < -0.3 is 23.8 Å². The molecule has 1 amide bonds. The molecule has 2 rings (SSSR count). The van der Waals surface area contributed by atoms with Crippen LogP contribution >= 0.6 is 0 Å². The number of carbonyl (C=O) groups excluding carboxylic acids is 1. The summed E-state index contributed by atoms with van der Waals surface area (Å²) in [7, 11) is 0. The maximum Gasteiger partial charge on any atom is 0.410 e. The standard InChI is InChI=1S/C18H31NO5/c1-17(2,3)24-16(20)19-10-7-15(8-11-19)21-12-6-5-9-18(4)22-13-14-23-18/h13-15H,5-12H2,1-4H3. The molecule has 0 aliphatic carbocycles. The molecule has 0 atom stereocenters. The molecule has 0 N–H and O–H groups in total. The largest absolute Gasteiger partial charge is 0.457 e. The molecule has 1 fully saturated rings. The highest BCUT2D eigenvalue weighted by atomic mass is 16.7. The summed E-state index contributed by atoms with van der Waals surface area (Å²) < 4.78 is 22.2. The minimum absolute atomic E-state index is 0.223. The quantitative estimate of drug-likeness (QED) is 0.688. The van der Waals surface area contributed by atoms with E-state index in [0.717, 1.165) is 38.7 Å². The number of carbonyl (C=O) groups is 1. The molecule has 0 aromatic carbocycles. The SMILES string of the molecule is CC(C)(C)OC(=O)N1CCC(OCCCCC2(C)OC=CO2)CC1. The molecule has 0 bridgehead atoms. The zero-order valence-electron chi connectivity index (χ0n) is 15.4. The highest BCUT2D eigenvalue weighted by molar-refractivity contribution is 5.68. The first kappa shape index (κ1) is 18.9. The highest BCUT2D eigenvalue weighted by Crippen LogP contribution is 2.25. The molecule has 0 saturated carbocycles. The normalized spacial score (nSPS) is 20.6. The van der Waals surface area contributed by atoms with Crippen LogP contribution in [0, 0.1) is 0 Å². The van der Waals surface area contributed by atoms with Crippen LogP contribution in [0.1, 0.15) is 59.8 Å². The van der Waals surface area contributed by atoms with Crippen LogP contribution in [-0.2, 0) is 18.9 Å². The summed E-state index contributed by atoms with van der Waals surface area (Å²) in [6.07, 6.45) is 7.76. The summed E-state index contributed by atoms with van der Waals surface area (Å²) in [5.41, 5.74) is -0.441. The second kappa shape index (κ2) is 8.10. The Morgan fingerprint density at radius 3 is 2.42 bits per heavy atom. The summed E-state index contributed by atoms with van der Waals surface area (Å²) in [5.74, 6) is -0.501. The molecule has 0 aromatic rings. The molecular weight excluding hydrogens is 310 g/mol. The summed E-state index contributed by atoms with van der Waals surface area (Å²) in [6.45, 7) is 9.74. The van der Waals surface area contributed by atoms with Gasteiger partial charge in [-0.1, -0.05) is 0 Å². The predicted octanol–water partition coefficient (Wildman–Crippen LogP) is 3.81. The lowest BCUT2D eigenvalue weighted by atomic mass is 10.1. The van der Waals surface area contributed by atoms with Gasteiger partial charge in [-0.05, 0) is 46.5 Å². The Morgan fingerprint density at radius 1 is 1.21 bits per heavy atom. The van der Waals surface area contributed by atoms with Crippen molar-refractivity contribution in [1.29, 1.82) is 0 Å². The van der Waals surface area contributed by atoms with Crippen LogP contribution < -0.4 is 0 Å². The summed E-state index contributed by atoms with van der Waals surface area (Å²) in [4.78, 5) is 13.8. The van der Waals surface area contributed by atoms with E-state index in [1.807, 2.05) is 27.7 Å². The van der Waals surface area contributed by atoms with Crippen LogP contribution in [-0.4, -0.2) is 48.2 Å². The Bertz CT molecular complexity index is 427. The monoisotopic (exact) mass is 341 g/mol. The molecule has 2 aliphatic heterocycles. The second-order valence-electron chi connectivity index (χ2n) is 7.64. The molecule has 2 aliphatic rings. The summed E-state index contributed by atoms with van der Waals surface area (Å²) in [5, 5.41) is 0. The van der Waals surface area contributed by atoms with Gasteiger partial charge in [-0.15, -0.1) is 0 Å². The lowest BCUT2D eigenvalue weighted by Gasteiger charge is -2.33. The van der Waals surface area contributed by atoms with Crippen molar-refractivity contribution >= 4 is 6.09 Å². The van der Waals surface area contributed by atoms with E-state index in [9.17, 15) is 4.79 Å². The average Bonchev–Trinajstić information content (AvgIpc) is 2.93. The van der Waals surface area contributed by atoms with E-state index in [1.54, 1.807) is 17.4 Å². The number of ether oxygens (including phenoxy) is 4. The molecule has 2 heterocycles. The lowest BCUT2D eigenvalue weighted by Crippen LogP contribution is -2.43. The van der Waals surface area contributed by atoms with E-state index < -0.39 is 11.4 Å². The predicted molar refractivity (Wildman–Crippen MR) is 90.3 cm³/mol. The number of hydrogen-bond acceptors (Lipinski definition) is 5. The van der Waals surface area contributed by atoms with Crippen LogP contribution in [0.4, 0.5) is 4.79 Å². The van der Waals surface area contributed by atoms with Gasteiger partial charge in [0.25, 0.3) is 0 Å². The fourth-order valence-electron chi connectivity index (χ4n) is 2.82. The van der Waals surface area contributed by atoms with Gasteiger partial charge in [-0.2, -0.15) is 0 Å². The van der Waals surface area contributed by atoms with Gasteiger partial charge in [-0.25, -0.2) is 4.79 Å². The number of likely N-dealkylation sites (tertiary alicyclic amines) is 1. The van der Waals surface area contributed by atoms with Crippen molar-refractivity contribution in [3.05, 3.63) is 12.5 Å². The first-order valence-electron chi connectivity index (χ1n) is 8.88. The second-order valence-corrected chi connectivity index (χ2v) is 7.64. The summed E-state index contributed by atoms with van der Waals surface area (Å²) in [6, 6.07) is 0. The molecule has 0 spiro atoms. The molecule has 6 heteroatoms. The van der Waals surface area contributed by atoms with E-state index in [1.165, 1.54) is 0 Å². The van der Waals surface area contributed by atoms with Crippen molar-refractivity contribution in [1.82, 2.24) is 4.90 Å². The van der Waals surface area contributed by atoms with Crippen LogP contribution in [0.3, 0.4) is 0 Å². The topological polar surface area (TPSA) is 57.2 Å². The van der Waals surface area contributed by atoms with Crippen molar-refractivity contribution in [3.63, 3.8) is 0 Å². The minimum atomic E-state index is -0.501. The molecule has 0 unspecified atom stereocenters. The molecule has 6 nitrogen and oxygen atoms in total. The minimum Gasteiger partial charge on any atom is -0.457 e. The maximum atomic E-state index is 12.0. The van der Waals surface area contributed by atoms with Gasteiger partial charge in [0.2, 0.25) is 5.79 Å². The van der Waals surface area contributed by atoms with Crippen LogP contribution in [0.5, 0.6) is 0 Å². The molecular formula is C18H31NO5. The van der Waals surface area contributed by atoms with Crippen molar-refractivity contribution in [3.8, 4) is 0 Å². The third kappa shape index (κ3) is 6.23. The van der Waals surface area contributed by atoms with Crippen LogP contribution in [0.15, 0.2) is 12.5 Å². The number of amides is 1. The average molecular weight is 341 g/mol. The first-order valence-corrected chi connectivity index (χ1v) is 8.88. The molecule has 24 heavy (non-hydrogen) atoms. The van der Waals surface area contributed by atoms with Gasteiger partial charge in [0, 0.05) is 33.0 Å². The third-order valence-corrected chi connectivity index (χ3v) is 4.16. The Morgan fingerprint density at radius 2 is 1.83 bits per heavy atom. The molecule has 0 aromatic heterocycles. The maximum absolute atomic E-state index is 12.0. The van der Waals surface area contributed by atoms with Crippen LogP contribution in [0.2, 0.25) is 0 Å². The fraction of sp³-hybridized carbons (Fsp3) is 0.833. The number of hydrogen-bond donors (Lipinski definition) is 0. The number of piperidine rings is 1. The number of unbranched alkanes of at least 4 members (excludes halogenated alkanes) is 1. The molecule has 138 valence electrons. The van der Waals surface area contributed by atoms with Crippen molar-refractivity contribution in [2.75, 3.05) is 19.7 Å². The van der Waals surface area contributed by atoms with Gasteiger partial charge >= 0.3 is 6.09 Å². The Kier molecular flexibility index (Phi) is 6.38. The van der Waals surface area contributed by atoms with Crippen molar-refractivity contribution in [2.45, 2.75) is 77.3 Å². The van der Waals surface area contributed by atoms with E-state index in [4.69, 9.17) is 18.9 Å².